The highest BCUT2D eigenvalue weighted by atomic mass is 32.2. The van der Waals surface area contributed by atoms with Gasteiger partial charge in [-0.1, -0.05) is 6.92 Å². The van der Waals surface area contributed by atoms with Crippen LogP contribution in [0.15, 0.2) is 23.2 Å². The summed E-state index contributed by atoms with van der Waals surface area (Å²) in [6, 6.07) is 2.90. The fraction of sp³-hybridized carbons (Fsp3) is 0.583. The quantitative estimate of drug-likeness (QED) is 0.864. The van der Waals surface area contributed by atoms with Crippen LogP contribution in [0.1, 0.15) is 13.3 Å². The summed E-state index contributed by atoms with van der Waals surface area (Å²) in [6.07, 6.45) is 2.52. The van der Waals surface area contributed by atoms with E-state index in [0.29, 0.717) is 13.1 Å². The number of pyridine rings is 1. The van der Waals surface area contributed by atoms with Gasteiger partial charge in [0.1, 0.15) is 5.82 Å². The largest absolute Gasteiger partial charge is 0.384 e. The van der Waals surface area contributed by atoms with Gasteiger partial charge in [0.2, 0.25) is 10.0 Å². The lowest BCUT2D eigenvalue weighted by Gasteiger charge is -2.33. The lowest BCUT2D eigenvalue weighted by atomic mass is 10.3. The molecule has 2 N–H and O–H groups in total. The fourth-order valence-electron chi connectivity index (χ4n) is 2.25. The van der Waals surface area contributed by atoms with Crippen molar-refractivity contribution in [2.45, 2.75) is 18.2 Å². The predicted molar refractivity (Wildman–Crippen MR) is 74.1 cm³/mol. The van der Waals surface area contributed by atoms with Crippen molar-refractivity contribution < 1.29 is 8.42 Å². The summed E-state index contributed by atoms with van der Waals surface area (Å²) in [4.78, 5) is 6.33. The van der Waals surface area contributed by atoms with E-state index >= 15 is 0 Å². The molecule has 7 heteroatoms. The zero-order valence-corrected chi connectivity index (χ0v) is 11.9. The van der Waals surface area contributed by atoms with Crippen LogP contribution in [0.25, 0.3) is 0 Å². The Morgan fingerprint density at radius 3 is 2.58 bits per heavy atom. The standard InChI is InChI=1S/C12H20N4O2S/c1-2-5-15-6-8-16(9-7-15)19(17,18)11-3-4-14-12(13)10-11/h3-4,10H,2,5-9H2,1H3,(H2,13,14). The van der Waals surface area contributed by atoms with Crippen LogP contribution < -0.4 is 5.73 Å². The molecule has 0 amide bonds. The summed E-state index contributed by atoms with van der Waals surface area (Å²) in [5.74, 6) is 0.227. The lowest BCUT2D eigenvalue weighted by Crippen LogP contribution is -2.48. The van der Waals surface area contributed by atoms with Gasteiger partial charge in [0.15, 0.2) is 0 Å². The van der Waals surface area contributed by atoms with E-state index < -0.39 is 10.0 Å². The molecule has 0 saturated carbocycles. The van der Waals surface area contributed by atoms with Crippen LogP contribution in [0.3, 0.4) is 0 Å². The Balaban J connectivity index is 2.10. The summed E-state index contributed by atoms with van der Waals surface area (Å²) >= 11 is 0. The number of piperazine rings is 1. The molecule has 0 unspecified atom stereocenters. The fourth-order valence-corrected chi connectivity index (χ4v) is 3.69. The molecule has 2 heterocycles. The second-order valence-corrected chi connectivity index (χ2v) is 6.60. The van der Waals surface area contributed by atoms with Crippen molar-refractivity contribution >= 4 is 15.8 Å². The van der Waals surface area contributed by atoms with Gasteiger partial charge in [-0.2, -0.15) is 4.31 Å². The summed E-state index contributed by atoms with van der Waals surface area (Å²) in [5, 5.41) is 0. The maximum Gasteiger partial charge on any atom is 0.243 e. The number of nitrogens with two attached hydrogens (primary N) is 1. The van der Waals surface area contributed by atoms with Crippen molar-refractivity contribution in [3.05, 3.63) is 18.3 Å². The van der Waals surface area contributed by atoms with Crippen LogP contribution in [0.4, 0.5) is 5.82 Å². The molecule has 0 aliphatic carbocycles. The summed E-state index contributed by atoms with van der Waals surface area (Å²) in [6.45, 7) is 5.79. The molecule has 1 aromatic heterocycles. The summed E-state index contributed by atoms with van der Waals surface area (Å²) in [7, 11) is -3.44. The van der Waals surface area contributed by atoms with Crippen LogP contribution in [-0.4, -0.2) is 55.3 Å². The lowest BCUT2D eigenvalue weighted by molar-refractivity contribution is 0.188. The minimum Gasteiger partial charge on any atom is -0.384 e. The molecule has 19 heavy (non-hydrogen) atoms. The van der Waals surface area contributed by atoms with Gasteiger partial charge in [-0.25, -0.2) is 13.4 Å². The SMILES string of the molecule is CCCN1CCN(S(=O)(=O)c2ccnc(N)c2)CC1. The van der Waals surface area contributed by atoms with Crippen LogP contribution >= 0.6 is 0 Å². The minimum atomic E-state index is -3.44. The molecule has 1 aliphatic heterocycles. The van der Waals surface area contributed by atoms with E-state index in [2.05, 4.69) is 16.8 Å². The van der Waals surface area contributed by atoms with E-state index in [1.54, 1.807) is 0 Å². The highest BCUT2D eigenvalue weighted by Crippen LogP contribution is 2.18. The average molecular weight is 284 g/mol. The molecule has 0 bridgehead atoms. The molecule has 1 aromatic rings. The number of rotatable bonds is 4. The van der Waals surface area contributed by atoms with Gasteiger partial charge < -0.3 is 10.6 Å². The Labute approximate surface area is 114 Å². The zero-order chi connectivity index (χ0) is 13.9. The number of nitrogen functional groups attached to an aromatic ring is 1. The average Bonchev–Trinajstić information content (AvgIpc) is 2.40. The van der Waals surface area contributed by atoms with Gasteiger partial charge in [-0.3, -0.25) is 0 Å². The molecule has 6 nitrogen and oxygen atoms in total. The van der Waals surface area contributed by atoms with Crippen LogP contribution in [-0.2, 0) is 10.0 Å². The Morgan fingerprint density at radius 2 is 2.00 bits per heavy atom. The number of anilines is 1. The first kappa shape index (κ1) is 14.2. The number of hydrogen-bond acceptors (Lipinski definition) is 5. The van der Waals surface area contributed by atoms with Crippen LogP contribution in [0.2, 0.25) is 0 Å². The molecule has 2 rings (SSSR count). The van der Waals surface area contributed by atoms with Crippen LogP contribution in [0.5, 0.6) is 0 Å². The highest BCUT2D eigenvalue weighted by Gasteiger charge is 2.28. The molecule has 0 atom stereocenters. The van der Waals surface area contributed by atoms with Crippen molar-refractivity contribution in [3.63, 3.8) is 0 Å². The predicted octanol–water partition coefficient (Wildman–Crippen LogP) is 0.380. The second-order valence-electron chi connectivity index (χ2n) is 4.66. The van der Waals surface area contributed by atoms with E-state index in [1.165, 1.54) is 22.6 Å². The topological polar surface area (TPSA) is 79.5 Å². The van der Waals surface area contributed by atoms with E-state index in [4.69, 9.17) is 5.73 Å². The molecule has 0 spiro atoms. The Kier molecular flexibility index (Phi) is 4.38. The molecule has 1 aliphatic rings. The molecular formula is C12H20N4O2S. The van der Waals surface area contributed by atoms with Crippen molar-refractivity contribution in [1.82, 2.24) is 14.2 Å². The Hall–Kier alpha value is -1.18. The van der Waals surface area contributed by atoms with Crippen LogP contribution in [0, 0.1) is 0 Å². The van der Waals surface area contributed by atoms with Gasteiger partial charge in [-0.15, -0.1) is 0 Å². The molecule has 1 fully saturated rings. The van der Waals surface area contributed by atoms with E-state index in [0.717, 1.165) is 26.1 Å². The first-order chi connectivity index (χ1) is 9.04. The monoisotopic (exact) mass is 284 g/mol. The van der Waals surface area contributed by atoms with Crippen molar-refractivity contribution in [2.75, 3.05) is 38.5 Å². The number of sulfonamides is 1. The van der Waals surface area contributed by atoms with Gasteiger partial charge >= 0.3 is 0 Å². The third kappa shape index (κ3) is 3.23. The maximum absolute atomic E-state index is 12.4. The zero-order valence-electron chi connectivity index (χ0n) is 11.1. The Morgan fingerprint density at radius 1 is 1.32 bits per heavy atom. The summed E-state index contributed by atoms with van der Waals surface area (Å²) in [5.41, 5.74) is 5.54. The van der Waals surface area contributed by atoms with Gasteiger partial charge in [-0.05, 0) is 19.0 Å². The molecule has 106 valence electrons. The second kappa shape index (κ2) is 5.85. The third-order valence-electron chi connectivity index (χ3n) is 3.26. The first-order valence-electron chi connectivity index (χ1n) is 6.48. The number of hydrogen-bond donors (Lipinski definition) is 1. The smallest absolute Gasteiger partial charge is 0.243 e. The maximum atomic E-state index is 12.4. The van der Waals surface area contributed by atoms with E-state index in [9.17, 15) is 8.42 Å². The Bertz CT molecular complexity index is 524. The number of aromatic nitrogens is 1. The third-order valence-corrected chi connectivity index (χ3v) is 5.16. The molecular weight excluding hydrogens is 264 g/mol. The van der Waals surface area contributed by atoms with E-state index in [-0.39, 0.29) is 10.7 Å². The van der Waals surface area contributed by atoms with Gasteiger partial charge in [0.05, 0.1) is 4.90 Å². The van der Waals surface area contributed by atoms with Gasteiger partial charge in [0.25, 0.3) is 0 Å². The van der Waals surface area contributed by atoms with Crippen molar-refractivity contribution in [2.24, 2.45) is 0 Å². The number of nitrogens with zero attached hydrogens (tertiary/aromatic N) is 3. The first-order valence-corrected chi connectivity index (χ1v) is 7.92. The highest BCUT2D eigenvalue weighted by molar-refractivity contribution is 7.89. The summed E-state index contributed by atoms with van der Waals surface area (Å²) < 4.78 is 26.4. The molecule has 1 saturated heterocycles. The normalized spacial score (nSPS) is 18.6. The molecule has 0 radical (unpaired) electrons. The minimum absolute atomic E-state index is 0.226. The van der Waals surface area contributed by atoms with Crippen molar-refractivity contribution in [3.8, 4) is 0 Å². The van der Waals surface area contributed by atoms with E-state index in [1.807, 2.05) is 0 Å². The molecule has 0 aromatic carbocycles. The van der Waals surface area contributed by atoms with Crippen molar-refractivity contribution in [1.29, 1.82) is 0 Å². The van der Waals surface area contributed by atoms with Gasteiger partial charge in [0, 0.05) is 38.4 Å².